The maximum Gasteiger partial charge on any atom is 0.148 e. The highest BCUT2D eigenvalue weighted by Gasteiger charge is 2.35. The molecule has 0 N–H and O–H groups in total. The lowest BCUT2D eigenvalue weighted by molar-refractivity contribution is 0.0134. The van der Waals surface area contributed by atoms with Crippen molar-refractivity contribution in [3.05, 3.63) is 48.3 Å². The summed E-state index contributed by atoms with van der Waals surface area (Å²) in [5.74, 6) is 2.56. The first-order chi connectivity index (χ1) is 12.8. The first-order valence-corrected chi connectivity index (χ1v) is 10.3. The minimum Gasteiger partial charge on any atom is -0.379 e. The molecule has 2 atom stereocenters. The molecule has 1 aromatic heterocycles. The summed E-state index contributed by atoms with van der Waals surface area (Å²) in [7, 11) is 0. The Bertz CT molecular complexity index is 708. The van der Waals surface area contributed by atoms with Crippen molar-refractivity contribution < 1.29 is 4.74 Å². The molecule has 5 nitrogen and oxygen atoms in total. The van der Waals surface area contributed by atoms with Crippen LogP contribution in [-0.4, -0.2) is 60.3 Å². The fourth-order valence-electron chi connectivity index (χ4n) is 3.81. The SMILES string of the molecule is CC1CN(c2cncc(SCc3ccccc3)n2)CC1N1CCOCC1. The first kappa shape index (κ1) is 17.8. The van der Waals surface area contributed by atoms with Crippen molar-refractivity contribution in [1.82, 2.24) is 14.9 Å². The molecule has 0 amide bonds. The molecule has 0 radical (unpaired) electrons. The number of morpholine rings is 1. The Morgan fingerprint density at radius 1 is 1.12 bits per heavy atom. The third-order valence-corrected chi connectivity index (χ3v) is 6.21. The van der Waals surface area contributed by atoms with Crippen molar-refractivity contribution in [1.29, 1.82) is 0 Å². The van der Waals surface area contributed by atoms with Crippen LogP contribution in [0.15, 0.2) is 47.8 Å². The van der Waals surface area contributed by atoms with Gasteiger partial charge in [-0.25, -0.2) is 4.98 Å². The van der Waals surface area contributed by atoms with E-state index in [2.05, 4.69) is 46.0 Å². The van der Waals surface area contributed by atoms with Crippen LogP contribution in [-0.2, 0) is 10.5 Å². The van der Waals surface area contributed by atoms with Crippen molar-refractivity contribution in [2.45, 2.75) is 23.7 Å². The van der Waals surface area contributed by atoms with Crippen LogP contribution in [0.1, 0.15) is 12.5 Å². The van der Waals surface area contributed by atoms with Crippen molar-refractivity contribution >= 4 is 17.6 Å². The van der Waals surface area contributed by atoms with Crippen molar-refractivity contribution in [3.63, 3.8) is 0 Å². The Balaban J connectivity index is 1.40. The fourth-order valence-corrected chi connectivity index (χ4v) is 4.61. The first-order valence-electron chi connectivity index (χ1n) is 9.35. The molecule has 6 heteroatoms. The Labute approximate surface area is 159 Å². The summed E-state index contributed by atoms with van der Waals surface area (Å²) in [6.07, 6.45) is 3.77. The van der Waals surface area contributed by atoms with Crippen LogP contribution < -0.4 is 4.90 Å². The second-order valence-corrected chi connectivity index (χ2v) is 8.08. The number of aromatic nitrogens is 2. The van der Waals surface area contributed by atoms with E-state index in [0.717, 1.165) is 56.0 Å². The highest BCUT2D eigenvalue weighted by Crippen LogP contribution is 2.28. The summed E-state index contributed by atoms with van der Waals surface area (Å²) in [6.45, 7) is 8.22. The normalized spacial score (nSPS) is 24.1. The number of hydrogen-bond acceptors (Lipinski definition) is 6. The molecule has 2 aliphatic heterocycles. The van der Waals surface area contributed by atoms with E-state index in [1.807, 2.05) is 18.5 Å². The average molecular weight is 371 g/mol. The van der Waals surface area contributed by atoms with Crippen LogP contribution in [0.4, 0.5) is 5.82 Å². The molecule has 138 valence electrons. The number of thioether (sulfide) groups is 1. The average Bonchev–Trinajstić information content (AvgIpc) is 3.10. The van der Waals surface area contributed by atoms with Crippen LogP contribution >= 0.6 is 11.8 Å². The van der Waals surface area contributed by atoms with Crippen LogP contribution in [0, 0.1) is 5.92 Å². The molecule has 2 unspecified atom stereocenters. The highest BCUT2D eigenvalue weighted by molar-refractivity contribution is 7.98. The second-order valence-electron chi connectivity index (χ2n) is 7.09. The van der Waals surface area contributed by atoms with E-state index in [4.69, 9.17) is 9.72 Å². The van der Waals surface area contributed by atoms with Gasteiger partial charge in [0.2, 0.25) is 0 Å². The number of ether oxygens (including phenoxy) is 1. The predicted molar refractivity (Wildman–Crippen MR) is 106 cm³/mol. The molecule has 0 saturated carbocycles. The van der Waals surface area contributed by atoms with E-state index >= 15 is 0 Å². The largest absolute Gasteiger partial charge is 0.379 e. The maximum atomic E-state index is 5.50. The lowest BCUT2D eigenvalue weighted by atomic mass is 10.0. The minimum absolute atomic E-state index is 0.585. The summed E-state index contributed by atoms with van der Waals surface area (Å²) in [6, 6.07) is 11.1. The zero-order chi connectivity index (χ0) is 17.8. The fraction of sp³-hybridized carbons (Fsp3) is 0.500. The second kappa shape index (κ2) is 8.37. The van der Waals surface area contributed by atoms with Gasteiger partial charge in [-0.2, -0.15) is 0 Å². The maximum absolute atomic E-state index is 5.50. The van der Waals surface area contributed by atoms with E-state index in [0.29, 0.717) is 12.0 Å². The summed E-state index contributed by atoms with van der Waals surface area (Å²) in [4.78, 5) is 14.3. The number of benzene rings is 1. The number of hydrogen-bond donors (Lipinski definition) is 0. The molecule has 0 spiro atoms. The third-order valence-electron chi connectivity index (χ3n) is 5.24. The molecule has 0 bridgehead atoms. The summed E-state index contributed by atoms with van der Waals surface area (Å²) in [5, 5.41) is 0.994. The molecule has 26 heavy (non-hydrogen) atoms. The van der Waals surface area contributed by atoms with Crippen molar-refractivity contribution in [2.24, 2.45) is 5.92 Å². The van der Waals surface area contributed by atoms with Crippen LogP contribution in [0.3, 0.4) is 0 Å². The van der Waals surface area contributed by atoms with Gasteiger partial charge < -0.3 is 9.64 Å². The molecule has 2 fully saturated rings. The molecular formula is C20H26N4OS. The lowest BCUT2D eigenvalue weighted by Crippen LogP contribution is -2.46. The highest BCUT2D eigenvalue weighted by atomic mass is 32.2. The Morgan fingerprint density at radius 3 is 2.73 bits per heavy atom. The van der Waals surface area contributed by atoms with Gasteiger partial charge in [-0.05, 0) is 11.5 Å². The van der Waals surface area contributed by atoms with Gasteiger partial charge in [0.05, 0.1) is 25.6 Å². The van der Waals surface area contributed by atoms with E-state index in [1.54, 1.807) is 11.8 Å². The summed E-state index contributed by atoms with van der Waals surface area (Å²) < 4.78 is 5.50. The van der Waals surface area contributed by atoms with Gasteiger partial charge in [-0.15, -0.1) is 11.8 Å². The zero-order valence-corrected chi connectivity index (χ0v) is 16.1. The standard InChI is InChI=1S/C20H26N4OS/c1-16-13-24(14-18(16)23-7-9-25-10-8-23)19-11-21-12-20(22-19)26-15-17-5-3-2-4-6-17/h2-6,11-12,16,18H,7-10,13-15H2,1H3. The minimum atomic E-state index is 0.585. The lowest BCUT2D eigenvalue weighted by Gasteiger charge is -2.34. The van der Waals surface area contributed by atoms with E-state index in [1.165, 1.54) is 5.56 Å². The summed E-state index contributed by atoms with van der Waals surface area (Å²) in [5.41, 5.74) is 1.31. The van der Waals surface area contributed by atoms with E-state index in [-0.39, 0.29) is 0 Å². The molecule has 2 aromatic rings. The number of anilines is 1. The van der Waals surface area contributed by atoms with Gasteiger partial charge >= 0.3 is 0 Å². The molecule has 3 heterocycles. The third kappa shape index (κ3) is 4.19. The molecule has 2 aliphatic rings. The van der Waals surface area contributed by atoms with Crippen molar-refractivity contribution in [3.8, 4) is 0 Å². The van der Waals surface area contributed by atoms with Gasteiger partial charge in [0, 0.05) is 38.0 Å². The van der Waals surface area contributed by atoms with E-state index in [9.17, 15) is 0 Å². The molecule has 4 rings (SSSR count). The molecule has 1 aromatic carbocycles. The van der Waals surface area contributed by atoms with Crippen LogP contribution in [0.25, 0.3) is 0 Å². The topological polar surface area (TPSA) is 41.5 Å². The number of nitrogens with zero attached hydrogens (tertiary/aromatic N) is 4. The number of rotatable bonds is 5. The van der Waals surface area contributed by atoms with Gasteiger partial charge in [-0.1, -0.05) is 37.3 Å². The van der Waals surface area contributed by atoms with Crippen molar-refractivity contribution in [2.75, 3.05) is 44.3 Å². The Hall–Kier alpha value is -1.63. The molecular weight excluding hydrogens is 344 g/mol. The summed E-state index contributed by atoms with van der Waals surface area (Å²) >= 11 is 1.75. The van der Waals surface area contributed by atoms with Gasteiger partial charge in [0.25, 0.3) is 0 Å². The smallest absolute Gasteiger partial charge is 0.148 e. The molecule has 2 saturated heterocycles. The van der Waals surface area contributed by atoms with Crippen LogP contribution in [0.2, 0.25) is 0 Å². The molecule has 0 aliphatic carbocycles. The Kier molecular flexibility index (Phi) is 5.72. The van der Waals surface area contributed by atoms with Gasteiger partial charge in [-0.3, -0.25) is 9.88 Å². The zero-order valence-electron chi connectivity index (χ0n) is 15.3. The van der Waals surface area contributed by atoms with Crippen LogP contribution in [0.5, 0.6) is 0 Å². The Morgan fingerprint density at radius 2 is 1.92 bits per heavy atom. The monoisotopic (exact) mass is 370 g/mol. The van der Waals surface area contributed by atoms with Gasteiger partial charge in [0.15, 0.2) is 0 Å². The van der Waals surface area contributed by atoms with E-state index < -0.39 is 0 Å². The quantitative estimate of drug-likeness (QED) is 0.754. The predicted octanol–water partition coefficient (Wildman–Crippen LogP) is 2.93. The van der Waals surface area contributed by atoms with Gasteiger partial charge in [0.1, 0.15) is 10.8 Å².